The molecular formula is C14H21F3N2O. The standard InChI is InChI=1S/C14H21F3N2O/c1-2-10-20-12-7-5-6-11(13(12)18)19-9-4-3-8-14(15,16)17/h5-7,19H,2-4,8-10,18H2,1H3. The van der Waals surface area contributed by atoms with Crippen molar-refractivity contribution >= 4 is 11.4 Å². The SMILES string of the molecule is CCCOc1cccc(NCCCCC(F)(F)F)c1N. The van der Waals surface area contributed by atoms with Crippen LogP contribution in [0.5, 0.6) is 5.75 Å². The summed E-state index contributed by atoms with van der Waals surface area (Å²) in [7, 11) is 0. The van der Waals surface area contributed by atoms with Crippen molar-refractivity contribution in [3.05, 3.63) is 18.2 Å². The number of hydrogen-bond donors (Lipinski definition) is 2. The number of para-hydroxylation sites is 1. The Morgan fingerprint density at radius 1 is 1.25 bits per heavy atom. The van der Waals surface area contributed by atoms with Crippen LogP contribution in [-0.4, -0.2) is 19.3 Å². The Morgan fingerprint density at radius 3 is 2.65 bits per heavy atom. The highest BCUT2D eigenvalue weighted by Gasteiger charge is 2.25. The summed E-state index contributed by atoms with van der Waals surface area (Å²) in [6, 6.07) is 5.37. The van der Waals surface area contributed by atoms with Crippen molar-refractivity contribution in [3.8, 4) is 5.75 Å². The molecule has 0 radical (unpaired) electrons. The predicted octanol–water partition coefficient (Wildman–Crippen LogP) is 4.20. The summed E-state index contributed by atoms with van der Waals surface area (Å²) in [6.07, 6.45) is -3.38. The van der Waals surface area contributed by atoms with E-state index in [0.29, 0.717) is 36.7 Å². The second-order valence-electron chi connectivity index (χ2n) is 4.56. The molecule has 0 saturated heterocycles. The van der Waals surface area contributed by atoms with Crippen LogP contribution in [0, 0.1) is 0 Å². The van der Waals surface area contributed by atoms with Gasteiger partial charge in [0, 0.05) is 13.0 Å². The van der Waals surface area contributed by atoms with Crippen molar-refractivity contribution in [2.75, 3.05) is 24.2 Å². The van der Waals surface area contributed by atoms with Crippen molar-refractivity contribution in [2.45, 2.75) is 38.8 Å². The molecule has 0 aliphatic carbocycles. The van der Waals surface area contributed by atoms with Gasteiger partial charge in [-0.15, -0.1) is 0 Å². The zero-order valence-corrected chi connectivity index (χ0v) is 11.6. The molecule has 0 aromatic heterocycles. The Kier molecular flexibility index (Phi) is 6.48. The number of halogens is 3. The lowest BCUT2D eigenvalue weighted by atomic mass is 10.2. The monoisotopic (exact) mass is 290 g/mol. The predicted molar refractivity (Wildman–Crippen MR) is 75.0 cm³/mol. The summed E-state index contributed by atoms with van der Waals surface area (Å²) in [6.45, 7) is 3.04. The number of nitrogens with two attached hydrogens (primary N) is 1. The van der Waals surface area contributed by atoms with Crippen molar-refractivity contribution in [1.82, 2.24) is 0 Å². The molecule has 3 nitrogen and oxygen atoms in total. The molecule has 0 aliphatic heterocycles. The third kappa shape index (κ3) is 6.04. The number of alkyl halides is 3. The average molecular weight is 290 g/mol. The molecule has 0 aliphatic rings. The zero-order valence-electron chi connectivity index (χ0n) is 11.6. The summed E-state index contributed by atoms with van der Waals surface area (Å²) in [4.78, 5) is 0. The van der Waals surface area contributed by atoms with Gasteiger partial charge in [-0.25, -0.2) is 0 Å². The normalized spacial score (nSPS) is 11.4. The highest BCUT2D eigenvalue weighted by Crippen LogP contribution is 2.29. The average Bonchev–Trinajstić information content (AvgIpc) is 2.37. The molecule has 0 unspecified atom stereocenters. The van der Waals surface area contributed by atoms with Crippen LogP contribution in [0.2, 0.25) is 0 Å². The van der Waals surface area contributed by atoms with Crippen LogP contribution in [0.15, 0.2) is 18.2 Å². The molecule has 0 spiro atoms. The number of nitrogens with one attached hydrogen (secondary N) is 1. The Balaban J connectivity index is 2.40. The summed E-state index contributed by atoms with van der Waals surface area (Å²) >= 11 is 0. The summed E-state index contributed by atoms with van der Waals surface area (Å²) in [5.41, 5.74) is 7.14. The lowest BCUT2D eigenvalue weighted by molar-refractivity contribution is -0.135. The molecule has 0 amide bonds. The van der Waals surface area contributed by atoms with Crippen LogP contribution in [-0.2, 0) is 0 Å². The molecule has 6 heteroatoms. The van der Waals surface area contributed by atoms with E-state index in [-0.39, 0.29) is 6.42 Å². The molecule has 20 heavy (non-hydrogen) atoms. The van der Waals surface area contributed by atoms with Gasteiger partial charge in [-0.1, -0.05) is 13.0 Å². The molecule has 0 saturated carbocycles. The van der Waals surface area contributed by atoms with E-state index in [9.17, 15) is 13.2 Å². The van der Waals surface area contributed by atoms with E-state index < -0.39 is 12.6 Å². The highest BCUT2D eigenvalue weighted by atomic mass is 19.4. The largest absolute Gasteiger partial charge is 0.491 e. The Morgan fingerprint density at radius 2 is 2.00 bits per heavy atom. The fraction of sp³-hybridized carbons (Fsp3) is 0.571. The minimum absolute atomic E-state index is 0.114. The van der Waals surface area contributed by atoms with Gasteiger partial charge < -0.3 is 15.8 Å². The van der Waals surface area contributed by atoms with Crippen LogP contribution in [0.4, 0.5) is 24.5 Å². The lowest BCUT2D eigenvalue weighted by Gasteiger charge is -2.13. The quantitative estimate of drug-likeness (QED) is 0.557. The number of anilines is 2. The molecule has 1 aromatic carbocycles. The van der Waals surface area contributed by atoms with Gasteiger partial charge in [-0.2, -0.15) is 13.2 Å². The van der Waals surface area contributed by atoms with Crippen LogP contribution in [0.25, 0.3) is 0 Å². The maximum absolute atomic E-state index is 12.0. The number of unbranched alkanes of at least 4 members (excludes halogenated alkanes) is 1. The van der Waals surface area contributed by atoms with Crippen molar-refractivity contribution in [2.24, 2.45) is 0 Å². The fourth-order valence-electron chi connectivity index (χ4n) is 1.71. The van der Waals surface area contributed by atoms with E-state index in [0.717, 1.165) is 6.42 Å². The number of benzene rings is 1. The van der Waals surface area contributed by atoms with Crippen LogP contribution < -0.4 is 15.8 Å². The van der Waals surface area contributed by atoms with Gasteiger partial charge in [0.1, 0.15) is 5.75 Å². The minimum Gasteiger partial charge on any atom is -0.491 e. The summed E-state index contributed by atoms with van der Waals surface area (Å²) in [5, 5.41) is 3.04. The second kappa shape index (κ2) is 7.87. The topological polar surface area (TPSA) is 47.3 Å². The first kappa shape index (κ1) is 16.5. The lowest BCUT2D eigenvalue weighted by Crippen LogP contribution is -2.09. The first-order chi connectivity index (χ1) is 9.44. The van der Waals surface area contributed by atoms with E-state index in [1.165, 1.54) is 0 Å². The molecule has 1 rings (SSSR count). The van der Waals surface area contributed by atoms with Crippen molar-refractivity contribution in [3.63, 3.8) is 0 Å². The number of hydrogen-bond acceptors (Lipinski definition) is 3. The van der Waals surface area contributed by atoms with Crippen molar-refractivity contribution in [1.29, 1.82) is 0 Å². The smallest absolute Gasteiger partial charge is 0.389 e. The maximum atomic E-state index is 12.0. The van der Waals surface area contributed by atoms with Gasteiger partial charge >= 0.3 is 6.18 Å². The van der Waals surface area contributed by atoms with Gasteiger partial charge in [-0.05, 0) is 31.4 Å². The van der Waals surface area contributed by atoms with Gasteiger partial charge in [0.25, 0.3) is 0 Å². The first-order valence-electron chi connectivity index (χ1n) is 6.76. The summed E-state index contributed by atoms with van der Waals surface area (Å²) in [5.74, 6) is 0.604. The van der Waals surface area contributed by atoms with Crippen molar-refractivity contribution < 1.29 is 17.9 Å². The van der Waals surface area contributed by atoms with E-state index >= 15 is 0 Å². The van der Waals surface area contributed by atoms with Gasteiger partial charge in [0.2, 0.25) is 0 Å². The molecule has 0 bridgehead atoms. The van der Waals surface area contributed by atoms with E-state index in [1.54, 1.807) is 18.2 Å². The van der Waals surface area contributed by atoms with Crippen LogP contribution >= 0.6 is 0 Å². The minimum atomic E-state index is -4.08. The Hall–Kier alpha value is -1.59. The third-order valence-corrected chi connectivity index (χ3v) is 2.73. The Bertz CT molecular complexity index is 408. The van der Waals surface area contributed by atoms with E-state index in [2.05, 4.69) is 5.32 Å². The van der Waals surface area contributed by atoms with Gasteiger partial charge in [-0.3, -0.25) is 0 Å². The van der Waals surface area contributed by atoms with Crippen LogP contribution in [0.3, 0.4) is 0 Å². The molecular weight excluding hydrogens is 269 g/mol. The zero-order chi connectivity index (χ0) is 15.0. The Labute approximate surface area is 117 Å². The second-order valence-corrected chi connectivity index (χ2v) is 4.56. The number of nitrogen functional groups attached to an aromatic ring is 1. The van der Waals surface area contributed by atoms with E-state index in [4.69, 9.17) is 10.5 Å². The van der Waals surface area contributed by atoms with Crippen LogP contribution in [0.1, 0.15) is 32.6 Å². The third-order valence-electron chi connectivity index (χ3n) is 2.73. The first-order valence-corrected chi connectivity index (χ1v) is 6.76. The van der Waals surface area contributed by atoms with E-state index in [1.807, 2.05) is 6.92 Å². The number of ether oxygens (including phenoxy) is 1. The fourth-order valence-corrected chi connectivity index (χ4v) is 1.71. The molecule has 0 atom stereocenters. The van der Waals surface area contributed by atoms with Gasteiger partial charge in [0.15, 0.2) is 0 Å². The molecule has 0 fully saturated rings. The number of rotatable bonds is 8. The molecule has 0 heterocycles. The van der Waals surface area contributed by atoms with Gasteiger partial charge in [0.05, 0.1) is 18.0 Å². The molecule has 3 N–H and O–H groups in total. The molecule has 1 aromatic rings. The highest BCUT2D eigenvalue weighted by molar-refractivity contribution is 5.72. The maximum Gasteiger partial charge on any atom is 0.389 e. The summed E-state index contributed by atoms with van der Waals surface area (Å²) < 4.78 is 41.4. The molecule has 114 valence electrons.